The highest BCUT2D eigenvalue weighted by Crippen LogP contribution is 2.26. The highest BCUT2D eigenvalue weighted by Gasteiger charge is 2.27. The largest absolute Gasteiger partial charge is 0.474 e. The average molecular weight is 554 g/mol. The summed E-state index contributed by atoms with van der Waals surface area (Å²) >= 11 is 5.82. The molecule has 0 saturated carbocycles. The zero-order chi connectivity index (χ0) is 26.9. The van der Waals surface area contributed by atoms with Crippen LogP contribution in [0.1, 0.15) is 40.6 Å². The lowest BCUT2D eigenvalue weighted by Crippen LogP contribution is -2.33. The van der Waals surface area contributed by atoms with Crippen molar-refractivity contribution in [1.82, 2.24) is 24.4 Å². The zero-order valence-corrected chi connectivity index (χ0v) is 21.6. The molecule has 1 N–H and O–H groups in total. The molecule has 39 heavy (non-hydrogen) atoms. The van der Waals surface area contributed by atoms with E-state index in [1.807, 2.05) is 16.7 Å². The van der Waals surface area contributed by atoms with Crippen molar-refractivity contribution in [1.29, 1.82) is 0 Å². The summed E-state index contributed by atoms with van der Waals surface area (Å²) in [5, 5.41) is 9.58. The van der Waals surface area contributed by atoms with E-state index >= 15 is 0 Å². The quantitative estimate of drug-likeness (QED) is 0.318. The van der Waals surface area contributed by atoms with Gasteiger partial charge in [-0.2, -0.15) is 9.97 Å². The summed E-state index contributed by atoms with van der Waals surface area (Å²) in [4.78, 5) is 26.9. The predicted octanol–water partition coefficient (Wildman–Crippen LogP) is 4.57. The van der Waals surface area contributed by atoms with Gasteiger partial charge in [-0.15, -0.1) is 0 Å². The number of aromatic carboxylic acids is 1. The van der Waals surface area contributed by atoms with Crippen LogP contribution in [0.4, 0.5) is 4.39 Å². The summed E-state index contributed by atoms with van der Waals surface area (Å²) < 4.78 is 32.7. The number of aromatic nitrogens is 4. The molecule has 6 rings (SSSR count). The molecule has 0 spiro atoms. The molecule has 0 unspecified atom stereocenters. The number of imidazole rings is 1. The Morgan fingerprint density at radius 1 is 1.23 bits per heavy atom. The monoisotopic (exact) mass is 553 g/mol. The van der Waals surface area contributed by atoms with Gasteiger partial charge in [0.15, 0.2) is 0 Å². The van der Waals surface area contributed by atoms with E-state index in [9.17, 15) is 14.3 Å². The number of hydrogen-bond donors (Lipinski definition) is 1. The van der Waals surface area contributed by atoms with Gasteiger partial charge in [0.05, 0.1) is 24.9 Å². The molecule has 4 aromatic rings. The van der Waals surface area contributed by atoms with Gasteiger partial charge in [0.25, 0.3) is 5.71 Å². The first-order chi connectivity index (χ1) is 18.9. The molecule has 202 valence electrons. The fraction of sp³-hybridized carbons (Fsp3) is 0.333. The predicted molar refractivity (Wildman–Crippen MR) is 139 cm³/mol. The summed E-state index contributed by atoms with van der Waals surface area (Å²) in [7, 11) is 0. The maximum Gasteiger partial charge on any atom is 0.392 e. The van der Waals surface area contributed by atoms with Gasteiger partial charge < -0.3 is 23.6 Å². The second-order valence-electron chi connectivity index (χ2n) is 9.47. The molecule has 3 aromatic heterocycles. The van der Waals surface area contributed by atoms with E-state index in [0.717, 1.165) is 43.1 Å². The second kappa shape index (κ2) is 10.8. The Kier molecular flexibility index (Phi) is 7.03. The smallest absolute Gasteiger partial charge is 0.392 e. The molecule has 0 amide bonds. The molecule has 2 aliphatic rings. The van der Waals surface area contributed by atoms with E-state index in [0.29, 0.717) is 41.7 Å². The second-order valence-corrected chi connectivity index (χ2v) is 9.91. The van der Waals surface area contributed by atoms with Gasteiger partial charge in [0.2, 0.25) is 11.5 Å². The molecule has 1 aromatic carbocycles. The van der Waals surface area contributed by atoms with Gasteiger partial charge >= 0.3 is 11.9 Å². The first-order valence-corrected chi connectivity index (χ1v) is 13.0. The van der Waals surface area contributed by atoms with Gasteiger partial charge in [0.1, 0.15) is 18.2 Å². The SMILES string of the molecule is O=C(O)c1nc2c(nc(CN3CC=C(c4cccc(OCc5ccc(Cl)cc5F)n4)CC3)n2C[C@@H]2CCO2)o1. The number of ether oxygens (including phenoxy) is 2. The van der Waals surface area contributed by atoms with Crippen molar-refractivity contribution in [2.75, 3.05) is 19.7 Å². The molecule has 0 radical (unpaired) electrons. The van der Waals surface area contributed by atoms with Gasteiger partial charge in [-0.1, -0.05) is 29.8 Å². The van der Waals surface area contributed by atoms with Gasteiger partial charge in [0, 0.05) is 36.3 Å². The Bertz CT molecular complexity index is 1560. The summed E-state index contributed by atoms with van der Waals surface area (Å²) in [6.07, 6.45) is 3.88. The fourth-order valence-electron chi connectivity index (χ4n) is 4.64. The molecule has 1 saturated heterocycles. The number of fused-ring (bicyclic) bond motifs is 1. The summed E-state index contributed by atoms with van der Waals surface area (Å²) in [5.74, 6) is -0.843. The minimum atomic E-state index is -1.23. The third-order valence-corrected chi connectivity index (χ3v) is 7.09. The van der Waals surface area contributed by atoms with Crippen molar-refractivity contribution in [2.45, 2.75) is 38.6 Å². The number of pyridine rings is 1. The van der Waals surface area contributed by atoms with Crippen LogP contribution in [0.5, 0.6) is 5.88 Å². The maximum atomic E-state index is 14.1. The van der Waals surface area contributed by atoms with Crippen LogP contribution in [0.25, 0.3) is 16.9 Å². The Labute approximate surface area is 227 Å². The fourth-order valence-corrected chi connectivity index (χ4v) is 4.80. The normalized spacial score (nSPS) is 17.7. The minimum absolute atomic E-state index is 0.0516. The standard InChI is InChI=1S/C27H25ClFN5O5/c28-18-5-4-17(20(29)12-18)15-38-23-3-1-2-21(30-23)16-6-9-33(10-7-16)14-22-31-25-24(32-26(39-25)27(35)36)34(22)13-19-8-11-37-19/h1-6,12,19H,7-11,13-15H2,(H,35,36)/t19-/m0/s1. The Balaban J connectivity index is 1.13. The van der Waals surface area contributed by atoms with E-state index < -0.39 is 11.8 Å². The number of nitrogens with zero attached hydrogens (tertiary/aromatic N) is 5. The van der Waals surface area contributed by atoms with Crippen LogP contribution in [-0.2, 0) is 24.4 Å². The molecule has 0 bridgehead atoms. The van der Waals surface area contributed by atoms with E-state index in [-0.39, 0.29) is 24.3 Å². The van der Waals surface area contributed by atoms with Crippen LogP contribution in [0, 0.1) is 5.82 Å². The third kappa shape index (κ3) is 5.51. The van der Waals surface area contributed by atoms with Crippen molar-refractivity contribution in [3.05, 3.63) is 76.3 Å². The van der Waals surface area contributed by atoms with Crippen LogP contribution >= 0.6 is 11.6 Å². The summed E-state index contributed by atoms with van der Waals surface area (Å²) in [6, 6.07) is 10.0. The zero-order valence-electron chi connectivity index (χ0n) is 20.8. The number of oxazole rings is 1. The lowest BCUT2D eigenvalue weighted by atomic mass is 10.0. The van der Waals surface area contributed by atoms with Gasteiger partial charge in [-0.3, -0.25) is 4.90 Å². The average Bonchev–Trinajstić information content (AvgIpc) is 3.45. The number of benzene rings is 1. The Morgan fingerprint density at radius 2 is 2.10 bits per heavy atom. The van der Waals surface area contributed by atoms with Crippen LogP contribution < -0.4 is 4.74 Å². The minimum Gasteiger partial charge on any atom is -0.474 e. The lowest BCUT2D eigenvalue weighted by Gasteiger charge is -2.29. The molecule has 1 atom stereocenters. The van der Waals surface area contributed by atoms with Crippen LogP contribution in [-0.4, -0.2) is 61.3 Å². The first kappa shape index (κ1) is 25.5. The number of carboxylic acid groups (broad SMARTS) is 1. The molecule has 12 heteroatoms. The molecule has 1 fully saturated rings. The molecule has 0 aliphatic carbocycles. The van der Waals surface area contributed by atoms with Gasteiger partial charge in [-0.25, -0.2) is 14.2 Å². The molecule has 2 aliphatic heterocycles. The third-order valence-electron chi connectivity index (χ3n) is 6.85. The van der Waals surface area contributed by atoms with Crippen molar-refractivity contribution < 1.29 is 28.2 Å². The molecule has 5 heterocycles. The van der Waals surface area contributed by atoms with Crippen LogP contribution in [0.3, 0.4) is 0 Å². The van der Waals surface area contributed by atoms with E-state index in [4.69, 9.17) is 25.5 Å². The van der Waals surface area contributed by atoms with Crippen molar-refractivity contribution in [3.63, 3.8) is 0 Å². The lowest BCUT2D eigenvalue weighted by molar-refractivity contribution is -0.0592. The number of rotatable bonds is 9. The Morgan fingerprint density at radius 3 is 2.82 bits per heavy atom. The molecular formula is C27H25ClFN5O5. The highest BCUT2D eigenvalue weighted by atomic mass is 35.5. The maximum absolute atomic E-state index is 14.1. The van der Waals surface area contributed by atoms with Crippen molar-refractivity contribution in [2.24, 2.45) is 0 Å². The number of carboxylic acids is 1. The number of carbonyl (C=O) groups is 1. The van der Waals surface area contributed by atoms with Crippen molar-refractivity contribution >= 4 is 34.5 Å². The number of halogens is 2. The highest BCUT2D eigenvalue weighted by molar-refractivity contribution is 6.30. The topological polar surface area (TPSA) is 116 Å². The van der Waals surface area contributed by atoms with E-state index in [1.165, 1.54) is 6.07 Å². The molecule has 10 nitrogen and oxygen atoms in total. The van der Waals surface area contributed by atoms with Crippen LogP contribution in [0.2, 0.25) is 5.02 Å². The van der Waals surface area contributed by atoms with Gasteiger partial charge in [-0.05, 0) is 36.6 Å². The number of hydrogen-bond acceptors (Lipinski definition) is 8. The summed E-state index contributed by atoms with van der Waals surface area (Å²) in [5.41, 5.74) is 2.96. The van der Waals surface area contributed by atoms with E-state index in [1.54, 1.807) is 18.2 Å². The Hall–Kier alpha value is -3.80. The van der Waals surface area contributed by atoms with Crippen molar-refractivity contribution in [3.8, 4) is 5.88 Å². The summed E-state index contributed by atoms with van der Waals surface area (Å²) in [6.45, 7) is 3.32. The first-order valence-electron chi connectivity index (χ1n) is 12.6. The van der Waals surface area contributed by atoms with E-state index in [2.05, 4.69) is 25.9 Å². The van der Waals surface area contributed by atoms with Crippen LogP contribution in [0.15, 0.2) is 46.9 Å². The molecular weight excluding hydrogens is 529 g/mol.